The van der Waals surface area contributed by atoms with Gasteiger partial charge in [0, 0.05) is 25.1 Å². The minimum atomic E-state index is 0.360. The van der Waals surface area contributed by atoms with Gasteiger partial charge in [-0.1, -0.05) is 38.8 Å². The van der Waals surface area contributed by atoms with Crippen LogP contribution in [0.3, 0.4) is 0 Å². The summed E-state index contributed by atoms with van der Waals surface area (Å²) in [5.41, 5.74) is 0.974. The summed E-state index contributed by atoms with van der Waals surface area (Å²) in [6.45, 7) is 7.80. The Balaban J connectivity index is 1.61. The van der Waals surface area contributed by atoms with E-state index in [0.717, 1.165) is 36.1 Å². The Kier molecular flexibility index (Phi) is 6.96. The smallest absolute Gasteiger partial charge is 0.191 e. The summed E-state index contributed by atoms with van der Waals surface area (Å²) in [5, 5.41) is 11.2. The minimum absolute atomic E-state index is 0.360. The van der Waals surface area contributed by atoms with Crippen LogP contribution in [0, 0.1) is 5.92 Å². The zero-order valence-electron chi connectivity index (χ0n) is 16.7. The standard InChI is InChI=1S/C21H32N4O2/c1-15(2)20-13-18(27-25-20)14-23-21(22-11-10-17-8-6-12-26-17)24-19-9-5-4-7-16(19)3/h6,8,12-13,15-16,19H,4-5,7,9-11,14H2,1-3H3,(H2,22,23,24). The molecule has 0 spiro atoms. The van der Waals surface area contributed by atoms with Crippen LogP contribution < -0.4 is 10.6 Å². The number of hydrogen-bond acceptors (Lipinski definition) is 4. The molecule has 2 heterocycles. The van der Waals surface area contributed by atoms with Gasteiger partial charge in [-0.2, -0.15) is 0 Å². The molecule has 2 N–H and O–H groups in total. The lowest BCUT2D eigenvalue weighted by Gasteiger charge is -2.30. The number of furan rings is 1. The van der Waals surface area contributed by atoms with Crippen LogP contribution in [0.2, 0.25) is 0 Å². The zero-order chi connectivity index (χ0) is 19.1. The molecule has 1 fully saturated rings. The predicted molar refractivity (Wildman–Crippen MR) is 107 cm³/mol. The highest BCUT2D eigenvalue weighted by molar-refractivity contribution is 5.80. The van der Waals surface area contributed by atoms with Crippen molar-refractivity contribution in [1.29, 1.82) is 0 Å². The monoisotopic (exact) mass is 372 g/mol. The van der Waals surface area contributed by atoms with Crippen molar-refractivity contribution in [3.8, 4) is 0 Å². The number of nitrogens with zero attached hydrogens (tertiary/aromatic N) is 2. The van der Waals surface area contributed by atoms with Crippen molar-refractivity contribution in [2.24, 2.45) is 10.9 Å². The first kappa shape index (κ1) is 19.5. The summed E-state index contributed by atoms with van der Waals surface area (Å²) in [6, 6.07) is 6.38. The fourth-order valence-electron chi connectivity index (χ4n) is 3.45. The fourth-order valence-corrected chi connectivity index (χ4v) is 3.45. The quantitative estimate of drug-likeness (QED) is 0.561. The van der Waals surface area contributed by atoms with Crippen LogP contribution in [-0.2, 0) is 13.0 Å². The van der Waals surface area contributed by atoms with E-state index in [-0.39, 0.29) is 0 Å². The molecule has 3 rings (SSSR count). The molecule has 2 atom stereocenters. The lowest BCUT2D eigenvalue weighted by atomic mass is 9.86. The van der Waals surface area contributed by atoms with Crippen LogP contribution >= 0.6 is 0 Å². The van der Waals surface area contributed by atoms with Gasteiger partial charge in [0.05, 0.1) is 12.0 Å². The molecule has 0 saturated heterocycles. The first-order chi connectivity index (χ1) is 13.1. The second-order valence-electron chi connectivity index (χ2n) is 7.81. The molecule has 2 unspecified atom stereocenters. The summed E-state index contributed by atoms with van der Waals surface area (Å²) < 4.78 is 10.8. The van der Waals surface area contributed by atoms with Crippen molar-refractivity contribution in [3.05, 3.63) is 41.7 Å². The summed E-state index contributed by atoms with van der Waals surface area (Å²) in [7, 11) is 0. The Hall–Kier alpha value is -2.24. The molecular formula is C21H32N4O2. The molecule has 148 valence electrons. The average Bonchev–Trinajstić information content (AvgIpc) is 3.33. The third kappa shape index (κ3) is 5.88. The van der Waals surface area contributed by atoms with E-state index in [4.69, 9.17) is 13.9 Å². The zero-order valence-corrected chi connectivity index (χ0v) is 16.7. The van der Waals surface area contributed by atoms with Gasteiger partial charge in [0.2, 0.25) is 0 Å². The Morgan fingerprint density at radius 2 is 2.15 bits per heavy atom. The van der Waals surface area contributed by atoms with Crippen LogP contribution in [0.5, 0.6) is 0 Å². The number of aliphatic imine (C=N–C) groups is 1. The molecule has 0 aromatic carbocycles. The van der Waals surface area contributed by atoms with Gasteiger partial charge in [-0.15, -0.1) is 0 Å². The number of guanidine groups is 1. The first-order valence-corrected chi connectivity index (χ1v) is 10.1. The van der Waals surface area contributed by atoms with Gasteiger partial charge in [-0.05, 0) is 36.8 Å². The molecule has 0 bridgehead atoms. The van der Waals surface area contributed by atoms with Crippen LogP contribution in [-0.4, -0.2) is 23.7 Å². The Morgan fingerprint density at radius 1 is 1.30 bits per heavy atom. The number of hydrogen-bond donors (Lipinski definition) is 2. The van der Waals surface area contributed by atoms with Crippen molar-refractivity contribution < 1.29 is 8.94 Å². The van der Waals surface area contributed by atoms with E-state index in [1.165, 1.54) is 25.7 Å². The Labute approximate surface area is 161 Å². The molecular weight excluding hydrogens is 340 g/mol. The maximum atomic E-state index is 5.42. The lowest BCUT2D eigenvalue weighted by Crippen LogP contribution is -2.47. The normalized spacial score (nSPS) is 20.8. The Bertz CT molecular complexity index is 706. The molecule has 1 saturated carbocycles. The first-order valence-electron chi connectivity index (χ1n) is 10.1. The SMILES string of the molecule is CC(C)c1cc(CN=C(NCCc2ccco2)NC2CCCCC2C)on1. The molecule has 0 radical (unpaired) electrons. The third-order valence-electron chi connectivity index (χ3n) is 5.24. The van der Waals surface area contributed by atoms with Crippen molar-refractivity contribution >= 4 is 5.96 Å². The molecule has 1 aliphatic rings. The van der Waals surface area contributed by atoms with Gasteiger partial charge in [0.1, 0.15) is 12.3 Å². The number of nitrogens with one attached hydrogen (secondary N) is 2. The molecule has 0 amide bonds. The molecule has 2 aromatic rings. The van der Waals surface area contributed by atoms with E-state index in [1.807, 2.05) is 18.2 Å². The van der Waals surface area contributed by atoms with Crippen LogP contribution in [0.4, 0.5) is 0 Å². The van der Waals surface area contributed by atoms with Gasteiger partial charge in [0.25, 0.3) is 0 Å². The summed E-state index contributed by atoms with van der Waals surface area (Å²) in [4.78, 5) is 4.74. The predicted octanol–water partition coefficient (Wildman–Crippen LogP) is 4.25. The Morgan fingerprint density at radius 3 is 2.85 bits per heavy atom. The molecule has 27 heavy (non-hydrogen) atoms. The van der Waals surface area contributed by atoms with Crippen molar-refractivity contribution in [2.75, 3.05) is 6.54 Å². The van der Waals surface area contributed by atoms with E-state index in [1.54, 1.807) is 6.26 Å². The molecule has 6 heteroatoms. The summed E-state index contributed by atoms with van der Waals surface area (Å²) >= 11 is 0. The lowest BCUT2D eigenvalue weighted by molar-refractivity contribution is 0.306. The third-order valence-corrected chi connectivity index (χ3v) is 5.24. The van der Waals surface area contributed by atoms with Gasteiger partial charge in [-0.25, -0.2) is 4.99 Å². The highest BCUT2D eigenvalue weighted by Gasteiger charge is 2.22. The highest BCUT2D eigenvalue weighted by atomic mass is 16.5. The van der Waals surface area contributed by atoms with E-state index in [0.29, 0.717) is 24.4 Å². The van der Waals surface area contributed by atoms with E-state index in [2.05, 4.69) is 36.6 Å². The fraction of sp³-hybridized carbons (Fsp3) is 0.619. The second kappa shape index (κ2) is 9.62. The summed E-state index contributed by atoms with van der Waals surface area (Å²) in [6.07, 6.45) is 7.61. The topological polar surface area (TPSA) is 75.6 Å². The maximum absolute atomic E-state index is 5.42. The highest BCUT2D eigenvalue weighted by Crippen LogP contribution is 2.23. The van der Waals surface area contributed by atoms with Crippen molar-refractivity contribution in [3.63, 3.8) is 0 Å². The van der Waals surface area contributed by atoms with Crippen LogP contribution in [0.15, 0.2) is 38.4 Å². The second-order valence-corrected chi connectivity index (χ2v) is 7.81. The van der Waals surface area contributed by atoms with Crippen molar-refractivity contribution in [2.45, 2.75) is 71.4 Å². The maximum Gasteiger partial charge on any atom is 0.191 e. The number of rotatable bonds is 7. The summed E-state index contributed by atoms with van der Waals surface area (Å²) in [5.74, 6) is 3.63. The van der Waals surface area contributed by atoms with Gasteiger partial charge >= 0.3 is 0 Å². The average molecular weight is 373 g/mol. The van der Waals surface area contributed by atoms with Gasteiger partial charge in [0.15, 0.2) is 11.7 Å². The molecule has 1 aliphatic carbocycles. The molecule has 2 aromatic heterocycles. The van der Waals surface area contributed by atoms with Crippen molar-refractivity contribution in [1.82, 2.24) is 15.8 Å². The van der Waals surface area contributed by atoms with E-state index in [9.17, 15) is 0 Å². The van der Waals surface area contributed by atoms with Crippen LogP contribution in [0.25, 0.3) is 0 Å². The van der Waals surface area contributed by atoms with Crippen LogP contribution in [0.1, 0.15) is 69.6 Å². The number of aromatic nitrogens is 1. The van der Waals surface area contributed by atoms with Gasteiger partial charge < -0.3 is 19.6 Å². The minimum Gasteiger partial charge on any atom is -0.469 e. The largest absolute Gasteiger partial charge is 0.469 e. The van der Waals surface area contributed by atoms with E-state index >= 15 is 0 Å². The molecule has 0 aliphatic heterocycles. The van der Waals surface area contributed by atoms with Gasteiger partial charge in [-0.3, -0.25) is 0 Å². The molecule has 6 nitrogen and oxygen atoms in total. The van der Waals surface area contributed by atoms with E-state index < -0.39 is 0 Å².